The molecule has 4 rings (SSSR count). The molecule has 0 spiro atoms. The Bertz CT molecular complexity index is 1150. The number of anilines is 1. The van der Waals surface area contributed by atoms with E-state index in [4.69, 9.17) is 9.47 Å². The van der Waals surface area contributed by atoms with Gasteiger partial charge in [0.25, 0.3) is 11.8 Å². The third-order valence-electron chi connectivity index (χ3n) is 6.96. The first-order chi connectivity index (χ1) is 17.4. The van der Waals surface area contributed by atoms with Crippen molar-refractivity contribution in [2.24, 2.45) is 0 Å². The van der Waals surface area contributed by atoms with Crippen LogP contribution in [0.3, 0.4) is 0 Å². The maximum atomic E-state index is 14.4. The number of rotatable bonds is 7. The quantitative estimate of drug-likeness (QED) is 0.501. The van der Waals surface area contributed by atoms with Gasteiger partial charge in [0, 0.05) is 23.0 Å². The van der Waals surface area contributed by atoms with Crippen LogP contribution in [-0.4, -0.2) is 41.5 Å². The molecule has 2 aliphatic heterocycles. The molecule has 1 aromatic rings. The lowest BCUT2D eigenvalue weighted by Gasteiger charge is -2.36. The SMILES string of the molecule is C=CC1=C(C=C)OC(C(=O)N(c2cccc(F)c2)C2C(=O)N(C3CCCCC3)C(C)=C2/C=C\C)CO1. The number of hydrogen-bond acceptors (Lipinski definition) is 4. The van der Waals surface area contributed by atoms with Crippen LogP contribution >= 0.6 is 0 Å². The molecule has 36 heavy (non-hydrogen) atoms. The molecule has 0 aromatic heterocycles. The Morgan fingerprint density at radius 3 is 2.53 bits per heavy atom. The molecule has 1 saturated carbocycles. The fourth-order valence-corrected chi connectivity index (χ4v) is 5.30. The number of carbonyl (C=O) groups excluding carboxylic acids is 2. The molecule has 1 aliphatic carbocycles. The summed E-state index contributed by atoms with van der Waals surface area (Å²) in [4.78, 5) is 31.3. The predicted octanol–water partition coefficient (Wildman–Crippen LogP) is 5.55. The normalized spacial score (nSPS) is 23.1. The van der Waals surface area contributed by atoms with E-state index in [-0.39, 0.29) is 30.0 Å². The largest absolute Gasteiger partial charge is 0.485 e. The maximum absolute atomic E-state index is 14.4. The average molecular weight is 493 g/mol. The molecule has 0 N–H and O–H groups in total. The second-order valence-corrected chi connectivity index (χ2v) is 9.19. The second kappa shape index (κ2) is 11.0. The van der Waals surface area contributed by atoms with Crippen LogP contribution in [0, 0.1) is 5.82 Å². The summed E-state index contributed by atoms with van der Waals surface area (Å²) >= 11 is 0. The van der Waals surface area contributed by atoms with Gasteiger partial charge in [0.05, 0.1) is 0 Å². The van der Waals surface area contributed by atoms with Crippen molar-refractivity contribution in [2.45, 2.75) is 64.1 Å². The van der Waals surface area contributed by atoms with Gasteiger partial charge in [0.2, 0.25) is 6.10 Å². The van der Waals surface area contributed by atoms with Gasteiger partial charge < -0.3 is 14.4 Å². The summed E-state index contributed by atoms with van der Waals surface area (Å²) in [6.45, 7) is 11.1. The molecule has 1 aromatic carbocycles. The minimum Gasteiger partial charge on any atom is -0.485 e. The molecule has 1 fully saturated rings. The summed E-state index contributed by atoms with van der Waals surface area (Å²) in [5.41, 5.74) is 1.82. The van der Waals surface area contributed by atoms with E-state index in [2.05, 4.69) is 13.2 Å². The van der Waals surface area contributed by atoms with Crippen molar-refractivity contribution in [3.05, 3.63) is 90.3 Å². The number of allylic oxidation sites excluding steroid dienone is 4. The molecular weight excluding hydrogens is 459 g/mol. The minimum absolute atomic E-state index is 0.0712. The number of halogens is 1. The number of nitrogens with zero attached hydrogens (tertiary/aromatic N) is 2. The zero-order chi connectivity index (χ0) is 25.8. The van der Waals surface area contributed by atoms with Crippen molar-refractivity contribution in [2.75, 3.05) is 11.5 Å². The summed E-state index contributed by atoms with van der Waals surface area (Å²) in [6, 6.07) is 4.86. The topological polar surface area (TPSA) is 59.1 Å². The lowest BCUT2D eigenvalue weighted by Crippen LogP contribution is -2.54. The predicted molar refractivity (Wildman–Crippen MR) is 137 cm³/mol. The summed E-state index contributed by atoms with van der Waals surface area (Å²) in [5, 5.41) is 0. The van der Waals surface area contributed by atoms with E-state index in [9.17, 15) is 14.0 Å². The zero-order valence-electron chi connectivity index (χ0n) is 20.9. The van der Waals surface area contributed by atoms with Crippen molar-refractivity contribution in [3.63, 3.8) is 0 Å². The lowest BCUT2D eigenvalue weighted by molar-refractivity contribution is -0.137. The van der Waals surface area contributed by atoms with Gasteiger partial charge in [-0.2, -0.15) is 0 Å². The number of amides is 2. The van der Waals surface area contributed by atoms with E-state index in [1.165, 1.54) is 35.3 Å². The van der Waals surface area contributed by atoms with E-state index in [1.807, 2.05) is 30.9 Å². The Morgan fingerprint density at radius 1 is 1.17 bits per heavy atom. The van der Waals surface area contributed by atoms with Gasteiger partial charge in [-0.25, -0.2) is 4.39 Å². The summed E-state index contributed by atoms with van der Waals surface area (Å²) in [6.07, 6.45) is 10.7. The van der Waals surface area contributed by atoms with E-state index < -0.39 is 23.9 Å². The van der Waals surface area contributed by atoms with Crippen LogP contribution in [0.2, 0.25) is 0 Å². The smallest absolute Gasteiger partial charge is 0.272 e. The minimum atomic E-state index is -1.05. The number of benzene rings is 1. The van der Waals surface area contributed by atoms with Gasteiger partial charge in [0.15, 0.2) is 11.5 Å². The van der Waals surface area contributed by atoms with E-state index >= 15 is 0 Å². The monoisotopic (exact) mass is 492 g/mol. The number of ether oxygens (including phenoxy) is 2. The maximum Gasteiger partial charge on any atom is 0.272 e. The van der Waals surface area contributed by atoms with Gasteiger partial charge in [-0.1, -0.05) is 50.6 Å². The molecule has 190 valence electrons. The molecular formula is C29H33FN2O4. The summed E-state index contributed by atoms with van der Waals surface area (Å²) in [7, 11) is 0. The van der Waals surface area contributed by atoms with E-state index in [1.54, 1.807) is 6.07 Å². The first-order valence-electron chi connectivity index (χ1n) is 12.4. The van der Waals surface area contributed by atoms with Gasteiger partial charge in [-0.05, 0) is 57.0 Å². The van der Waals surface area contributed by atoms with Crippen LogP contribution in [0.1, 0.15) is 46.0 Å². The standard InChI is InChI=1S/C29H33FN2O4/c1-5-12-23-19(4)31(21-14-9-8-10-15-21)29(34)27(23)32(22-16-11-13-20(30)17-22)28(33)26-18-35-24(6-2)25(7-3)36-26/h5-7,11-13,16-17,21,26-27H,2-3,8-10,14-15,18H2,1,4H3/b12-5-. The van der Waals surface area contributed by atoms with Crippen molar-refractivity contribution in [1.29, 1.82) is 0 Å². The van der Waals surface area contributed by atoms with Crippen LogP contribution in [0.5, 0.6) is 0 Å². The zero-order valence-corrected chi connectivity index (χ0v) is 20.9. The Labute approximate surface area is 212 Å². The van der Waals surface area contributed by atoms with Crippen molar-refractivity contribution < 1.29 is 23.5 Å². The van der Waals surface area contributed by atoms with Crippen LogP contribution in [0.15, 0.2) is 84.5 Å². The lowest BCUT2D eigenvalue weighted by atomic mass is 9.94. The molecule has 7 heteroatoms. The molecule has 3 aliphatic rings. The number of hydrogen-bond donors (Lipinski definition) is 0. The highest BCUT2D eigenvalue weighted by atomic mass is 19.1. The Kier molecular flexibility index (Phi) is 7.77. The molecule has 2 atom stereocenters. The third kappa shape index (κ3) is 4.74. The molecule has 6 nitrogen and oxygen atoms in total. The molecule has 0 saturated heterocycles. The highest BCUT2D eigenvalue weighted by molar-refractivity contribution is 6.06. The summed E-state index contributed by atoms with van der Waals surface area (Å²) < 4.78 is 26.0. The van der Waals surface area contributed by atoms with Gasteiger partial charge in [-0.15, -0.1) is 0 Å². The summed E-state index contributed by atoms with van der Waals surface area (Å²) in [5.74, 6) is -0.516. The Balaban J connectivity index is 1.78. The molecule has 2 heterocycles. The first kappa shape index (κ1) is 25.5. The van der Waals surface area contributed by atoms with Gasteiger partial charge in [-0.3, -0.25) is 14.5 Å². The number of carbonyl (C=O) groups is 2. The van der Waals surface area contributed by atoms with Crippen molar-refractivity contribution >= 4 is 17.5 Å². The van der Waals surface area contributed by atoms with Gasteiger partial charge >= 0.3 is 0 Å². The van der Waals surface area contributed by atoms with E-state index in [0.717, 1.165) is 37.8 Å². The van der Waals surface area contributed by atoms with Crippen molar-refractivity contribution in [3.8, 4) is 0 Å². The van der Waals surface area contributed by atoms with Crippen LogP contribution in [-0.2, 0) is 19.1 Å². The fraction of sp³-hybridized carbons (Fsp3) is 0.379. The molecule has 0 radical (unpaired) electrons. The average Bonchev–Trinajstić information content (AvgIpc) is 3.13. The highest BCUT2D eigenvalue weighted by Gasteiger charge is 2.47. The highest BCUT2D eigenvalue weighted by Crippen LogP contribution is 2.38. The molecule has 2 amide bonds. The second-order valence-electron chi connectivity index (χ2n) is 9.19. The third-order valence-corrected chi connectivity index (χ3v) is 6.96. The fourth-order valence-electron chi connectivity index (χ4n) is 5.30. The van der Waals surface area contributed by atoms with Crippen LogP contribution in [0.4, 0.5) is 10.1 Å². The molecule has 0 bridgehead atoms. The van der Waals surface area contributed by atoms with Crippen molar-refractivity contribution in [1.82, 2.24) is 4.90 Å². The van der Waals surface area contributed by atoms with Crippen LogP contribution in [0.25, 0.3) is 0 Å². The van der Waals surface area contributed by atoms with E-state index in [0.29, 0.717) is 11.3 Å². The first-order valence-corrected chi connectivity index (χ1v) is 12.4. The molecule has 2 unspecified atom stereocenters. The Morgan fingerprint density at radius 2 is 1.89 bits per heavy atom. The van der Waals surface area contributed by atoms with Crippen LogP contribution < -0.4 is 4.90 Å². The van der Waals surface area contributed by atoms with Gasteiger partial charge in [0.1, 0.15) is 18.5 Å². The Hall–Kier alpha value is -3.61.